The zero-order valence-electron chi connectivity index (χ0n) is 13.9. The quantitative estimate of drug-likeness (QED) is 0.773. The maximum atomic E-state index is 14.3. The number of benzene rings is 1. The molecule has 27 heavy (non-hydrogen) atoms. The van der Waals surface area contributed by atoms with Crippen LogP contribution < -0.4 is 0 Å². The van der Waals surface area contributed by atoms with Gasteiger partial charge in [-0.1, -0.05) is 18.2 Å². The Kier molecular flexibility index (Phi) is 4.69. The molecule has 1 amide bonds. The minimum atomic E-state index is -6.14. The predicted octanol–water partition coefficient (Wildman–Crippen LogP) is 3.60. The van der Waals surface area contributed by atoms with Crippen molar-refractivity contribution >= 4 is 5.91 Å². The zero-order chi connectivity index (χ0) is 20.2. The number of aliphatic hydroxyl groups excluding tert-OH is 1. The number of carbonyl (C=O) groups is 1. The number of likely N-dealkylation sites (tertiary alicyclic amines) is 1. The third-order valence-electron chi connectivity index (χ3n) is 5.43. The molecule has 1 aliphatic heterocycles. The van der Waals surface area contributed by atoms with Gasteiger partial charge in [0, 0.05) is 24.1 Å². The summed E-state index contributed by atoms with van der Waals surface area (Å²) in [7, 11) is 0. The Bertz CT molecular complexity index is 730. The molecule has 2 atom stereocenters. The van der Waals surface area contributed by atoms with Gasteiger partial charge in [0.2, 0.25) is 5.91 Å². The van der Waals surface area contributed by atoms with Crippen LogP contribution in [0.3, 0.4) is 0 Å². The number of alkyl halides is 7. The lowest BCUT2D eigenvalue weighted by Gasteiger charge is -2.35. The first-order valence-corrected chi connectivity index (χ1v) is 8.27. The van der Waals surface area contributed by atoms with E-state index in [1.54, 1.807) is 0 Å². The number of aliphatic hydroxyl groups is 1. The van der Waals surface area contributed by atoms with Crippen molar-refractivity contribution in [3.05, 3.63) is 34.9 Å². The molecule has 0 bridgehead atoms. The molecule has 3 rings (SSSR count). The van der Waals surface area contributed by atoms with Gasteiger partial charge in [-0.15, -0.1) is 0 Å². The number of amides is 1. The molecular weight excluding hydrogens is 383 g/mol. The van der Waals surface area contributed by atoms with Crippen molar-refractivity contribution in [1.82, 2.24) is 4.90 Å². The van der Waals surface area contributed by atoms with Gasteiger partial charge in [0.15, 0.2) is 0 Å². The van der Waals surface area contributed by atoms with Crippen LogP contribution >= 0.6 is 0 Å². The number of rotatable bonds is 2. The lowest BCUT2D eigenvalue weighted by molar-refractivity contribution is -0.348. The van der Waals surface area contributed by atoms with Crippen molar-refractivity contribution in [2.75, 3.05) is 13.2 Å². The number of aryl methyl sites for hydroxylation is 1. The molecule has 3 nitrogen and oxygen atoms in total. The van der Waals surface area contributed by atoms with E-state index in [9.17, 15) is 35.5 Å². The van der Waals surface area contributed by atoms with Crippen LogP contribution in [0, 0.1) is 0 Å². The SMILES string of the molecule is O=C(CO)N1CC[C@H]2c3ccc(C(F)(C(F)(F)F)C(F)(F)F)cc3CC[C@H]21. The van der Waals surface area contributed by atoms with Crippen molar-refractivity contribution in [1.29, 1.82) is 0 Å². The predicted molar refractivity (Wildman–Crippen MR) is 79.6 cm³/mol. The standard InChI is InChI=1S/C17H16F7NO2/c18-15(16(19,20)21,17(22,23)24)10-2-3-11-9(7-10)1-4-13-12(11)5-6-25(13)14(27)8-26/h2-3,7,12-13,26H,1,4-6,8H2/t12-,13+/m0/s1. The molecule has 0 radical (unpaired) electrons. The maximum Gasteiger partial charge on any atom is 0.435 e. The summed E-state index contributed by atoms with van der Waals surface area (Å²) >= 11 is 0. The summed E-state index contributed by atoms with van der Waals surface area (Å²) in [5, 5.41) is 9.01. The Hall–Kier alpha value is -1.84. The number of carbonyl (C=O) groups excluding carboxylic acids is 1. The topological polar surface area (TPSA) is 40.5 Å². The third-order valence-corrected chi connectivity index (χ3v) is 5.43. The van der Waals surface area contributed by atoms with Gasteiger partial charge in [-0.3, -0.25) is 4.79 Å². The number of fused-ring (bicyclic) bond motifs is 3. The second-order valence-electron chi connectivity index (χ2n) is 6.81. The molecule has 1 aromatic carbocycles. The van der Waals surface area contributed by atoms with Crippen LogP contribution in [0.15, 0.2) is 18.2 Å². The van der Waals surface area contributed by atoms with E-state index in [1.165, 1.54) is 4.90 Å². The molecule has 1 fully saturated rings. The van der Waals surface area contributed by atoms with Gasteiger partial charge in [0.25, 0.3) is 0 Å². The number of hydrogen-bond acceptors (Lipinski definition) is 2. The van der Waals surface area contributed by atoms with E-state index in [0.717, 1.165) is 6.07 Å². The highest BCUT2D eigenvalue weighted by Crippen LogP contribution is 2.54. The van der Waals surface area contributed by atoms with E-state index >= 15 is 0 Å². The molecule has 10 heteroatoms. The lowest BCUT2D eigenvalue weighted by atomic mass is 9.77. The molecule has 0 saturated carbocycles. The summed E-state index contributed by atoms with van der Waals surface area (Å²) in [5.74, 6) is -0.733. The summed E-state index contributed by atoms with van der Waals surface area (Å²) in [4.78, 5) is 13.2. The van der Waals surface area contributed by atoms with Crippen LogP contribution in [0.5, 0.6) is 0 Å². The molecule has 1 N–H and O–H groups in total. The molecule has 0 unspecified atom stereocenters. The van der Waals surface area contributed by atoms with Crippen molar-refractivity contribution in [2.24, 2.45) is 0 Å². The Labute approximate surface area is 149 Å². The summed E-state index contributed by atoms with van der Waals surface area (Å²) in [5.41, 5.74) is -6.18. The first-order chi connectivity index (χ1) is 12.4. The van der Waals surface area contributed by atoms with Gasteiger partial charge >= 0.3 is 18.0 Å². The Morgan fingerprint density at radius 2 is 1.70 bits per heavy atom. The van der Waals surface area contributed by atoms with Gasteiger partial charge in [-0.25, -0.2) is 4.39 Å². The van der Waals surface area contributed by atoms with Crippen molar-refractivity contribution in [3.8, 4) is 0 Å². The van der Waals surface area contributed by atoms with Crippen molar-refractivity contribution in [2.45, 2.75) is 49.2 Å². The van der Waals surface area contributed by atoms with E-state index in [2.05, 4.69) is 0 Å². The van der Waals surface area contributed by atoms with E-state index in [1.807, 2.05) is 0 Å². The lowest BCUT2D eigenvalue weighted by Crippen LogP contribution is -2.50. The zero-order valence-corrected chi connectivity index (χ0v) is 13.9. The molecule has 150 valence electrons. The van der Waals surface area contributed by atoms with E-state index in [-0.39, 0.29) is 23.9 Å². The molecule has 1 saturated heterocycles. The summed E-state index contributed by atoms with van der Waals surface area (Å²) in [6, 6.07) is 1.99. The molecule has 0 aromatic heterocycles. The second-order valence-corrected chi connectivity index (χ2v) is 6.81. The van der Waals surface area contributed by atoms with Crippen molar-refractivity contribution < 1.29 is 40.6 Å². The maximum absolute atomic E-state index is 14.3. The van der Waals surface area contributed by atoms with E-state index in [4.69, 9.17) is 5.11 Å². The summed E-state index contributed by atoms with van der Waals surface area (Å²) in [6.07, 6.45) is -11.4. The van der Waals surface area contributed by atoms with Gasteiger partial charge in [0.05, 0.1) is 0 Å². The fraction of sp³-hybridized carbons (Fsp3) is 0.588. The minimum absolute atomic E-state index is 0.116. The Morgan fingerprint density at radius 3 is 2.26 bits per heavy atom. The molecule has 2 aliphatic rings. The van der Waals surface area contributed by atoms with Crippen molar-refractivity contribution in [3.63, 3.8) is 0 Å². The summed E-state index contributed by atoms with van der Waals surface area (Å²) in [6.45, 7) is -0.329. The molecular formula is C17H16F7NO2. The summed E-state index contributed by atoms with van der Waals surface area (Å²) < 4.78 is 92.0. The van der Waals surface area contributed by atoms with Crippen LogP contribution in [-0.2, 0) is 16.9 Å². The molecule has 1 aromatic rings. The first kappa shape index (κ1) is 19.9. The largest absolute Gasteiger partial charge is 0.435 e. The van der Waals surface area contributed by atoms with Crippen LogP contribution in [0.1, 0.15) is 35.4 Å². The number of nitrogens with zero attached hydrogens (tertiary/aromatic N) is 1. The van der Waals surface area contributed by atoms with Crippen LogP contribution in [0.4, 0.5) is 30.7 Å². The average Bonchev–Trinajstić information content (AvgIpc) is 3.02. The fourth-order valence-corrected chi connectivity index (χ4v) is 4.16. The normalized spacial score (nSPS) is 23.2. The third kappa shape index (κ3) is 2.97. The highest BCUT2D eigenvalue weighted by molar-refractivity contribution is 5.78. The Morgan fingerprint density at radius 1 is 1.07 bits per heavy atom. The fourth-order valence-electron chi connectivity index (χ4n) is 4.16. The molecule has 1 aliphatic carbocycles. The Balaban J connectivity index is 1.99. The van der Waals surface area contributed by atoms with Crippen LogP contribution in [0.2, 0.25) is 0 Å². The molecule has 0 spiro atoms. The number of halogens is 7. The van der Waals surface area contributed by atoms with Crippen LogP contribution in [-0.4, -0.2) is 47.5 Å². The van der Waals surface area contributed by atoms with Crippen LogP contribution in [0.25, 0.3) is 0 Å². The van der Waals surface area contributed by atoms with Gasteiger partial charge in [-0.05, 0) is 30.4 Å². The van der Waals surface area contributed by atoms with Gasteiger partial charge in [-0.2, -0.15) is 26.3 Å². The van der Waals surface area contributed by atoms with E-state index in [0.29, 0.717) is 37.1 Å². The van der Waals surface area contributed by atoms with Gasteiger partial charge in [0.1, 0.15) is 6.61 Å². The van der Waals surface area contributed by atoms with E-state index < -0.39 is 36.1 Å². The van der Waals surface area contributed by atoms with Gasteiger partial charge < -0.3 is 10.0 Å². The highest BCUT2D eigenvalue weighted by Gasteiger charge is 2.73. The monoisotopic (exact) mass is 399 g/mol. The smallest absolute Gasteiger partial charge is 0.387 e. The molecule has 1 heterocycles. The average molecular weight is 399 g/mol. The highest BCUT2D eigenvalue weighted by atomic mass is 19.4. The second kappa shape index (κ2) is 6.35. The first-order valence-electron chi connectivity index (χ1n) is 8.27. The number of hydrogen-bond donors (Lipinski definition) is 1. The minimum Gasteiger partial charge on any atom is -0.387 e.